The Hall–Kier alpha value is -3.22. The Morgan fingerprint density at radius 1 is 1.00 bits per heavy atom. The molecule has 7 heteroatoms. The second-order valence-corrected chi connectivity index (χ2v) is 8.91. The summed E-state index contributed by atoms with van der Waals surface area (Å²) < 4.78 is 10.5. The predicted octanol–water partition coefficient (Wildman–Crippen LogP) is 6.81. The van der Waals surface area contributed by atoms with Crippen LogP contribution < -0.4 is 4.90 Å². The zero-order chi connectivity index (χ0) is 25.0. The van der Waals surface area contributed by atoms with E-state index in [1.807, 2.05) is 32.9 Å². The normalized spacial score (nSPS) is 13.5. The summed E-state index contributed by atoms with van der Waals surface area (Å²) in [5.74, 6) is 0. The third-order valence-corrected chi connectivity index (χ3v) is 6.16. The number of anilines is 1. The van der Waals surface area contributed by atoms with Crippen LogP contribution in [-0.2, 0) is 27.3 Å². The lowest BCUT2D eigenvalue weighted by Crippen LogP contribution is -2.37. The number of carbonyl (C=O) groups excluding carboxylic acids is 2. The van der Waals surface area contributed by atoms with E-state index in [1.54, 1.807) is 0 Å². The van der Waals surface area contributed by atoms with E-state index in [-0.39, 0.29) is 13.2 Å². The molecule has 0 fully saturated rings. The third kappa shape index (κ3) is 7.64. The molecule has 2 aromatic carbocycles. The average molecular weight is 483 g/mol. The van der Waals surface area contributed by atoms with Crippen molar-refractivity contribution in [3.63, 3.8) is 0 Å². The molecule has 0 N–H and O–H groups in total. The van der Waals surface area contributed by atoms with Gasteiger partial charge in [0.15, 0.2) is 0 Å². The Labute approximate surface area is 208 Å². The molecular formula is C28H38N2O5. The van der Waals surface area contributed by atoms with Crippen molar-refractivity contribution in [3.8, 4) is 0 Å². The van der Waals surface area contributed by atoms with Crippen LogP contribution in [0.5, 0.6) is 0 Å². The summed E-state index contributed by atoms with van der Waals surface area (Å²) in [6.45, 7) is 8.22. The zero-order valence-corrected chi connectivity index (χ0v) is 21.2. The van der Waals surface area contributed by atoms with Crippen molar-refractivity contribution in [3.05, 3.63) is 65.2 Å². The average Bonchev–Trinajstić information content (AvgIpc) is 2.87. The molecule has 35 heavy (non-hydrogen) atoms. The summed E-state index contributed by atoms with van der Waals surface area (Å²) >= 11 is 0. The Kier molecular flexibility index (Phi) is 10.3. The maximum atomic E-state index is 12.8. The molecule has 0 aromatic heterocycles. The van der Waals surface area contributed by atoms with Gasteiger partial charge in [-0.15, -0.1) is 5.06 Å². The number of amides is 1. The fraction of sp³-hybridized carbons (Fsp3) is 0.500. The number of hydrogen-bond donors (Lipinski definition) is 0. The van der Waals surface area contributed by atoms with Crippen molar-refractivity contribution < 1.29 is 23.9 Å². The fourth-order valence-corrected chi connectivity index (χ4v) is 4.11. The van der Waals surface area contributed by atoms with Crippen LogP contribution in [0.3, 0.4) is 0 Å². The molecular weight excluding hydrogens is 444 g/mol. The van der Waals surface area contributed by atoms with E-state index in [9.17, 15) is 9.59 Å². The molecule has 3 rings (SSSR count). The largest absolute Gasteiger partial charge is 0.533 e. The zero-order valence-electron chi connectivity index (χ0n) is 21.2. The highest BCUT2D eigenvalue weighted by atomic mass is 16.8. The van der Waals surface area contributed by atoms with Gasteiger partial charge in [0.2, 0.25) is 0 Å². The number of rotatable bonds is 10. The van der Waals surface area contributed by atoms with E-state index in [4.69, 9.17) is 14.3 Å². The van der Waals surface area contributed by atoms with Crippen molar-refractivity contribution in [2.75, 3.05) is 24.7 Å². The van der Waals surface area contributed by atoms with E-state index in [1.165, 1.54) is 16.8 Å². The molecule has 190 valence electrons. The van der Waals surface area contributed by atoms with Crippen LogP contribution in [0.25, 0.3) is 0 Å². The standard InChI is InChI=1S/C28H38N2O5/c1-4-6-18-33-27(31)30(35-28(32)34-19-7-5-2)22(3)24-15-16-26-25(20-24)14-11-17-29(26)21-23-12-9-8-10-13-23/h8-10,12-13,15-16,20,22H,4-7,11,14,17-19,21H2,1-3H3. The van der Waals surface area contributed by atoms with Crippen LogP contribution in [0.15, 0.2) is 48.5 Å². The molecule has 2 aromatic rings. The number of ether oxygens (including phenoxy) is 2. The highest BCUT2D eigenvalue weighted by molar-refractivity contribution is 5.70. The van der Waals surface area contributed by atoms with E-state index < -0.39 is 18.3 Å². The van der Waals surface area contributed by atoms with Gasteiger partial charge in [-0.2, -0.15) is 0 Å². The van der Waals surface area contributed by atoms with Gasteiger partial charge in [0, 0.05) is 18.8 Å². The summed E-state index contributed by atoms with van der Waals surface area (Å²) in [6.07, 6.45) is 3.69. The van der Waals surface area contributed by atoms with Gasteiger partial charge >= 0.3 is 12.2 Å². The van der Waals surface area contributed by atoms with Crippen LogP contribution in [0, 0.1) is 0 Å². The molecule has 1 heterocycles. The number of hydroxylamine groups is 2. The van der Waals surface area contributed by atoms with Gasteiger partial charge in [0.25, 0.3) is 0 Å². The summed E-state index contributed by atoms with van der Waals surface area (Å²) in [6, 6.07) is 16.1. The van der Waals surface area contributed by atoms with Crippen molar-refractivity contribution in [2.45, 2.75) is 71.9 Å². The SMILES string of the molecule is CCCCOC(=O)ON(C(=O)OCCCC)C(C)c1ccc2c(c1)CCCN2Cc1ccccc1. The number of benzene rings is 2. The van der Waals surface area contributed by atoms with Crippen LogP contribution in [0.2, 0.25) is 0 Å². The lowest BCUT2D eigenvalue weighted by Gasteiger charge is -2.33. The van der Waals surface area contributed by atoms with Gasteiger partial charge in [-0.1, -0.05) is 69.2 Å². The second-order valence-electron chi connectivity index (χ2n) is 8.91. The Morgan fingerprint density at radius 2 is 1.71 bits per heavy atom. The highest BCUT2D eigenvalue weighted by Crippen LogP contribution is 2.32. The van der Waals surface area contributed by atoms with E-state index in [0.29, 0.717) is 0 Å². The van der Waals surface area contributed by atoms with Crippen LogP contribution >= 0.6 is 0 Å². The molecule has 0 saturated carbocycles. The molecule has 0 saturated heterocycles. The minimum atomic E-state index is -0.898. The van der Waals surface area contributed by atoms with Crippen LogP contribution in [0.1, 0.15) is 75.6 Å². The lowest BCUT2D eigenvalue weighted by atomic mass is 9.96. The first-order valence-electron chi connectivity index (χ1n) is 12.8. The number of carbonyl (C=O) groups is 2. The summed E-state index contributed by atoms with van der Waals surface area (Å²) in [4.78, 5) is 32.8. The minimum Gasteiger partial charge on any atom is -0.447 e. The summed E-state index contributed by atoms with van der Waals surface area (Å²) in [5.41, 5.74) is 4.57. The molecule has 1 amide bonds. The molecule has 0 aliphatic carbocycles. The van der Waals surface area contributed by atoms with E-state index in [2.05, 4.69) is 41.3 Å². The van der Waals surface area contributed by atoms with Gasteiger partial charge in [0.1, 0.15) is 0 Å². The molecule has 1 unspecified atom stereocenters. The lowest BCUT2D eigenvalue weighted by molar-refractivity contribution is -0.132. The third-order valence-electron chi connectivity index (χ3n) is 6.16. The summed E-state index contributed by atoms with van der Waals surface area (Å²) in [7, 11) is 0. The van der Waals surface area contributed by atoms with Crippen molar-refractivity contribution in [2.24, 2.45) is 0 Å². The Morgan fingerprint density at radius 3 is 2.43 bits per heavy atom. The second kappa shape index (κ2) is 13.6. The van der Waals surface area contributed by atoms with E-state index >= 15 is 0 Å². The maximum Gasteiger partial charge on any atom is 0.533 e. The van der Waals surface area contributed by atoms with Crippen molar-refractivity contribution >= 4 is 17.9 Å². The number of fused-ring (bicyclic) bond motifs is 1. The quantitative estimate of drug-likeness (QED) is 0.211. The Bertz CT molecular complexity index is 950. The molecule has 0 bridgehead atoms. The fourth-order valence-electron chi connectivity index (χ4n) is 4.11. The van der Waals surface area contributed by atoms with Crippen molar-refractivity contribution in [1.82, 2.24) is 5.06 Å². The number of aryl methyl sites for hydroxylation is 1. The molecule has 1 aliphatic heterocycles. The highest BCUT2D eigenvalue weighted by Gasteiger charge is 2.29. The first kappa shape index (κ1) is 26.4. The Balaban J connectivity index is 1.76. The number of nitrogens with zero attached hydrogens (tertiary/aromatic N) is 2. The monoisotopic (exact) mass is 482 g/mol. The van der Waals surface area contributed by atoms with Gasteiger partial charge in [-0.3, -0.25) is 4.84 Å². The van der Waals surface area contributed by atoms with Gasteiger partial charge in [0.05, 0.1) is 19.3 Å². The minimum absolute atomic E-state index is 0.249. The molecule has 1 atom stereocenters. The van der Waals surface area contributed by atoms with Gasteiger partial charge in [-0.25, -0.2) is 9.59 Å². The summed E-state index contributed by atoms with van der Waals surface area (Å²) in [5, 5.41) is 0.996. The molecule has 0 spiro atoms. The first-order valence-corrected chi connectivity index (χ1v) is 12.8. The molecule has 7 nitrogen and oxygen atoms in total. The van der Waals surface area contributed by atoms with Crippen molar-refractivity contribution in [1.29, 1.82) is 0 Å². The van der Waals surface area contributed by atoms with E-state index in [0.717, 1.165) is 62.2 Å². The number of unbranched alkanes of at least 4 members (excludes halogenated alkanes) is 2. The predicted molar refractivity (Wildman–Crippen MR) is 136 cm³/mol. The smallest absolute Gasteiger partial charge is 0.447 e. The molecule has 0 radical (unpaired) electrons. The first-order chi connectivity index (χ1) is 17.0. The van der Waals surface area contributed by atoms with Crippen LogP contribution in [0.4, 0.5) is 15.3 Å². The van der Waals surface area contributed by atoms with Gasteiger partial charge < -0.3 is 14.4 Å². The van der Waals surface area contributed by atoms with Gasteiger partial charge in [-0.05, 0) is 55.4 Å². The van der Waals surface area contributed by atoms with Crippen LogP contribution in [-0.4, -0.2) is 37.1 Å². The topological polar surface area (TPSA) is 68.3 Å². The maximum absolute atomic E-state index is 12.8. The number of hydrogen-bond acceptors (Lipinski definition) is 6. The molecule has 1 aliphatic rings.